The molecule has 0 aliphatic carbocycles. The van der Waals surface area contributed by atoms with Gasteiger partial charge in [-0.05, 0) is 41.8 Å². The lowest BCUT2D eigenvalue weighted by Gasteiger charge is -2.08. The normalized spacial score (nSPS) is 10.6. The van der Waals surface area contributed by atoms with Gasteiger partial charge in [0.2, 0.25) is 5.91 Å². The van der Waals surface area contributed by atoms with Crippen LogP contribution in [0.5, 0.6) is 0 Å². The predicted octanol–water partition coefficient (Wildman–Crippen LogP) is 5.17. The summed E-state index contributed by atoms with van der Waals surface area (Å²) in [4.78, 5) is 28.0. The van der Waals surface area contributed by atoms with Crippen molar-refractivity contribution in [3.05, 3.63) is 77.9 Å². The number of anilines is 2. The van der Waals surface area contributed by atoms with Crippen molar-refractivity contribution >= 4 is 44.6 Å². The van der Waals surface area contributed by atoms with Gasteiger partial charge < -0.3 is 10.6 Å². The smallest absolute Gasteiger partial charge is 0.257 e. The molecule has 0 fully saturated rings. The van der Waals surface area contributed by atoms with Crippen LogP contribution in [0.1, 0.15) is 17.3 Å². The number of thiophene rings is 1. The van der Waals surface area contributed by atoms with Crippen molar-refractivity contribution in [2.75, 3.05) is 10.6 Å². The van der Waals surface area contributed by atoms with E-state index in [0.717, 1.165) is 16.5 Å². The molecule has 0 atom stereocenters. The second-order valence-electron chi connectivity index (χ2n) is 6.32. The maximum atomic E-state index is 12.6. The number of fused-ring (bicyclic) bond motifs is 1. The average molecular weight is 387 g/mol. The Kier molecular flexibility index (Phi) is 4.87. The highest BCUT2D eigenvalue weighted by Gasteiger charge is 2.11. The molecule has 6 heteroatoms. The molecule has 4 rings (SSSR count). The number of hydrogen-bond acceptors (Lipinski definition) is 4. The summed E-state index contributed by atoms with van der Waals surface area (Å²) < 4.78 is 1.20. The SMILES string of the molecule is CC(=O)Nc1ccc(NC(=O)c2cncc(-c3csc4ccccc34)c2)cc1. The summed E-state index contributed by atoms with van der Waals surface area (Å²) in [6, 6.07) is 17.0. The quantitative estimate of drug-likeness (QED) is 0.507. The van der Waals surface area contributed by atoms with Crippen LogP contribution in [0.15, 0.2) is 72.4 Å². The van der Waals surface area contributed by atoms with Crippen LogP contribution in [0.2, 0.25) is 0 Å². The average Bonchev–Trinajstić information content (AvgIpc) is 3.13. The molecule has 0 aliphatic rings. The molecule has 0 spiro atoms. The van der Waals surface area contributed by atoms with Gasteiger partial charge in [0, 0.05) is 51.9 Å². The van der Waals surface area contributed by atoms with Crippen molar-refractivity contribution in [1.29, 1.82) is 0 Å². The molecule has 2 aromatic carbocycles. The van der Waals surface area contributed by atoms with E-state index in [1.54, 1.807) is 48.0 Å². The molecule has 4 aromatic rings. The van der Waals surface area contributed by atoms with Gasteiger partial charge in [-0.15, -0.1) is 11.3 Å². The predicted molar refractivity (Wildman–Crippen MR) is 114 cm³/mol. The minimum atomic E-state index is -0.235. The van der Waals surface area contributed by atoms with Crippen LogP contribution in [0, 0.1) is 0 Å². The first kappa shape index (κ1) is 17.9. The van der Waals surface area contributed by atoms with Crippen molar-refractivity contribution in [1.82, 2.24) is 4.98 Å². The zero-order chi connectivity index (χ0) is 19.5. The lowest BCUT2D eigenvalue weighted by Crippen LogP contribution is -2.12. The van der Waals surface area contributed by atoms with Gasteiger partial charge in [0.25, 0.3) is 5.91 Å². The molecule has 2 aromatic heterocycles. The van der Waals surface area contributed by atoms with Gasteiger partial charge in [-0.2, -0.15) is 0 Å². The van der Waals surface area contributed by atoms with E-state index >= 15 is 0 Å². The number of hydrogen-bond donors (Lipinski definition) is 2. The van der Waals surface area contributed by atoms with E-state index in [4.69, 9.17) is 0 Å². The third kappa shape index (κ3) is 3.77. The van der Waals surface area contributed by atoms with Crippen molar-refractivity contribution < 1.29 is 9.59 Å². The summed E-state index contributed by atoms with van der Waals surface area (Å²) >= 11 is 1.67. The van der Waals surface area contributed by atoms with Gasteiger partial charge >= 0.3 is 0 Å². The molecule has 2 heterocycles. The Morgan fingerprint density at radius 3 is 2.39 bits per heavy atom. The third-order valence-corrected chi connectivity index (χ3v) is 5.22. The van der Waals surface area contributed by atoms with E-state index in [1.165, 1.54) is 11.6 Å². The van der Waals surface area contributed by atoms with Crippen LogP contribution < -0.4 is 10.6 Å². The number of pyridine rings is 1. The molecule has 0 saturated carbocycles. The van der Waals surface area contributed by atoms with Gasteiger partial charge in [-0.25, -0.2) is 0 Å². The fourth-order valence-electron chi connectivity index (χ4n) is 2.96. The highest BCUT2D eigenvalue weighted by atomic mass is 32.1. The summed E-state index contributed by atoms with van der Waals surface area (Å²) in [6.07, 6.45) is 3.33. The van der Waals surface area contributed by atoms with E-state index in [0.29, 0.717) is 16.9 Å². The molecule has 0 bridgehead atoms. The Bertz CT molecular complexity index is 1170. The van der Waals surface area contributed by atoms with Gasteiger partial charge in [-0.3, -0.25) is 14.6 Å². The molecule has 138 valence electrons. The van der Waals surface area contributed by atoms with Gasteiger partial charge in [0.05, 0.1) is 5.56 Å². The first-order valence-electron chi connectivity index (χ1n) is 8.71. The number of nitrogens with one attached hydrogen (secondary N) is 2. The molecule has 0 radical (unpaired) electrons. The monoisotopic (exact) mass is 387 g/mol. The maximum Gasteiger partial charge on any atom is 0.257 e. The first-order chi connectivity index (χ1) is 13.6. The number of aromatic nitrogens is 1. The lowest BCUT2D eigenvalue weighted by atomic mass is 10.0. The molecule has 0 aliphatic heterocycles. The lowest BCUT2D eigenvalue weighted by molar-refractivity contribution is -0.114. The molecular formula is C22H17N3O2S. The molecule has 28 heavy (non-hydrogen) atoms. The first-order valence-corrected chi connectivity index (χ1v) is 9.59. The van der Waals surface area contributed by atoms with Crippen LogP contribution in [-0.2, 0) is 4.79 Å². The molecule has 0 saturated heterocycles. The Morgan fingerprint density at radius 1 is 0.929 bits per heavy atom. The number of nitrogens with zero attached hydrogens (tertiary/aromatic N) is 1. The molecule has 0 unspecified atom stereocenters. The molecule has 5 nitrogen and oxygen atoms in total. The van der Waals surface area contributed by atoms with Crippen molar-refractivity contribution in [2.24, 2.45) is 0 Å². The topological polar surface area (TPSA) is 71.1 Å². The van der Waals surface area contributed by atoms with Crippen molar-refractivity contribution in [3.63, 3.8) is 0 Å². The Labute approximate surface area is 166 Å². The third-order valence-electron chi connectivity index (χ3n) is 4.26. The number of carbonyl (C=O) groups excluding carboxylic acids is 2. The summed E-state index contributed by atoms with van der Waals surface area (Å²) in [7, 11) is 0. The van der Waals surface area contributed by atoms with Gasteiger partial charge in [0.15, 0.2) is 0 Å². The Balaban J connectivity index is 1.55. The zero-order valence-corrected chi connectivity index (χ0v) is 15.9. The van der Waals surface area contributed by atoms with Crippen LogP contribution in [-0.4, -0.2) is 16.8 Å². The summed E-state index contributed by atoms with van der Waals surface area (Å²) in [5.41, 5.74) is 3.79. The highest BCUT2D eigenvalue weighted by molar-refractivity contribution is 7.17. The fourth-order valence-corrected chi connectivity index (χ4v) is 3.93. The molecular weight excluding hydrogens is 370 g/mol. The second-order valence-corrected chi connectivity index (χ2v) is 7.23. The van der Waals surface area contributed by atoms with E-state index in [-0.39, 0.29) is 11.8 Å². The van der Waals surface area contributed by atoms with Gasteiger partial charge in [-0.1, -0.05) is 18.2 Å². The van der Waals surface area contributed by atoms with E-state index < -0.39 is 0 Å². The summed E-state index contributed by atoms with van der Waals surface area (Å²) in [5.74, 6) is -0.373. The number of amides is 2. The second kappa shape index (κ2) is 7.62. The van der Waals surface area contributed by atoms with E-state index in [2.05, 4.69) is 33.1 Å². The molecule has 2 N–H and O–H groups in total. The maximum absolute atomic E-state index is 12.6. The van der Waals surface area contributed by atoms with Crippen molar-refractivity contribution in [3.8, 4) is 11.1 Å². The van der Waals surface area contributed by atoms with Crippen LogP contribution in [0.3, 0.4) is 0 Å². The van der Waals surface area contributed by atoms with Crippen molar-refractivity contribution in [2.45, 2.75) is 6.92 Å². The van der Waals surface area contributed by atoms with Crippen LogP contribution >= 0.6 is 11.3 Å². The minimum Gasteiger partial charge on any atom is -0.326 e. The van der Waals surface area contributed by atoms with Crippen LogP contribution in [0.25, 0.3) is 21.2 Å². The standard InChI is InChI=1S/C22H17N3O2S/c1-14(26)24-17-6-8-18(9-7-17)25-22(27)16-10-15(11-23-12-16)20-13-28-21-5-3-2-4-19(20)21/h2-13H,1H3,(H,24,26)(H,25,27). The minimum absolute atomic E-state index is 0.138. The van der Waals surface area contributed by atoms with Gasteiger partial charge in [0.1, 0.15) is 0 Å². The Morgan fingerprint density at radius 2 is 1.64 bits per heavy atom. The highest BCUT2D eigenvalue weighted by Crippen LogP contribution is 2.33. The van der Waals surface area contributed by atoms with Crippen LogP contribution in [0.4, 0.5) is 11.4 Å². The zero-order valence-electron chi connectivity index (χ0n) is 15.1. The fraction of sp³-hybridized carbons (Fsp3) is 0.0455. The summed E-state index contributed by atoms with van der Waals surface area (Å²) in [6.45, 7) is 1.45. The Hall–Kier alpha value is -3.51. The molecule has 2 amide bonds. The number of rotatable bonds is 4. The largest absolute Gasteiger partial charge is 0.326 e. The van der Waals surface area contributed by atoms with E-state index in [9.17, 15) is 9.59 Å². The summed E-state index contributed by atoms with van der Waals surface area (Å²) in [5, 5.41) is 8.79. The van der Waals surface area contributed by atoms with E-state index in [1.807, 2.05) is 18.2 Å². The number of carbonyl (C=O) groups is 2. The number of benzene rings is 2.